The Morgan fingerprint density at radius 3 is 2.73 bits per heavy atom. The molecule has 4 nitrogen and oxygen atoms in total. The number of hydrogen-bond acceptors (Lipinski definition) is 3. The van der Waals surface area contributed by atoms with Gasteiger partial charge in [-0.25, -0.2) is 4.68 Å². The lowest BCUT2D eigenvalue weighted by atomic mass is 10.4. The van der Waals surface area contributed by atoms with Crippen LogP contribution < -0.4 is 0 Å². The summed E-state index contributed by atoms with van der Waals surface area (Å²) in [6.07, 6.45) is 6.41. The third-order valence-corrected chi connectivity index (χ3v) is 1.97. The summed E-state index contributed by atoms with van der Waals surface area (Å²) in [5.74, 6) is 1.49. The van der Waals surface area contributed by atoms with E-state index in [9.17, 15) is 0 Å². The van der Waals surface area contributed by atoms with Gasteiger partial charge in [0.1, 0.15) is 12.7 Å². The molecule has 1 heterocycles. The van der Waals surface area contributed by atoms with Crippen LogP contribution in [-0.2, 0) is 0 Å². The molecule has 4 heteroatoms. The van der Waals surface area contributed by atoms with E-state index in [0.29, 0.717) is 5.92 Å². The van der Waals surface area contributed by atoms with Crippen LogP contribution in [0.4, 0.5) is 0 Å². The number of nitrogens with zero attached hydrogens (tertiary/aromatic N) is 4. The van der Waals surface area contributed by atoms with E-state index < -0.39 is 0 Å². The van der Waals surface area contributed by atoms with E-state index in [1.807, 2.05) is 6.21 Å². The highest BCUT2D eigenvalue weighted by atomic mass is 15.4. The highest BCUT2D eigenvalue weighted by Gasteiger charge is 2.30. The molecule has 1 aromatic rings. The Labute approximate surface area is 64.9 Å². The molecule has 1 aromatic heterocycles. The summed E-state index contributed by atoms with van der Waals surface area (Å²) in [6, 6.07) is 0. The molecule has 58 valence electrons. The normalized spacial score (nSPS) is 29.5. The first-order valence-corrected chi connectivity index (χ1v) is 3.75. The minimum absolute atomic E-state index is 0.678. The fraction of sp³-hybridized carbons (Fsp3) is 0.571. The molecule has 11 heavy (non-hydrogen) atoms. The molecule has 0 radical (unpaired) electrons. The number of hydrogen-bond donors (Lipinski definition) is 0. The van der Waals surface area contributed by atoms with Gasteiger partial charge in [0.2, 0.25) is 0 Å². The molecule has 0 aliphatic heterocycles. The van der Waals surface area contributed by atoms with Gasteiger partial charge in [0, 0.05) is 6.21 Å². The first-order valence-electron chi connectivity index (χ1n) is 3.75. The van der Waals surface area contributed by atoms with E-state index in [2.05, 4.69) is 22.2 Å². The summed E-state index contributed by atoms with van der Waals surface area (Å²) in [6.45, 7) is 2.23. The van der Waals surface area contributed by atoms with Crippen molar-refractivity contribution in [2.75, 3.05) is 0 Å². The van der Waals surface area contributed by atoms with Crippen molar-refractivity contribution in [3.8, 4) is 0 Å². The second-order valence-electron chi connectivity index (χ2n) is 2.98. The zero-order valence-electron chi connectivity index (χ0n) is 6.38. The minimum Gasteiger partial charge on any atom is -0.208 e. The van der Waals surface area contributed by atoms with Crippen LogP contribution in [0.25, 0.3) is 0 Å². The molecule has 0 amide bonds. The van der Waals surface area contributed by atoms with E-state index >= 15 is 0 Å². The standard InChI is InChI=1S/C7H10N4/c1-6-2-7(6)3-10-11-4-8-9-5-11/h3-7H,2H2,1H3/b10-3+. The lowest BCUT2D eigenvalue weighted by molar-refractivity contribution is 0.856. The highest BCUT2D eigenvalue weighted by molar-refractivity contribution is 5.64. The summed E-state index contributed by atoms with van der Waals surface area (Å²) in [5, 5.41) is 11.4. The van der Waals surface area contributed by atoms with Gasteiger partial charge in [-0.05, 0) is 18.3 Å². The van der Waals surface area contributed by atoms with Gasteiger partial charge >= 0.3 is 0 Å². The zero-order chi connectivity index (χ0) is 7.68. The molecule has 2 unspecified atom stereocenters. The Morgan fingerprint density at radius 1 is 1.55 bits per heavy atom. The van der Waals surface area contributed by atoms with E-state index in [1.165, 1.54) is 6.42 Å². The maximum absolute atomic E-state index is 4.15. The van der Waals surface area contributed by atoms with Crippen LogP contribution in [0, 0.1) is 11.8 Å². The molecular weight excluding hydrogens is 140 g/mol. The molecule has 1 fully saturated rings. The first-order chi connectivity index (χ1) is 5.36. The SMILES string of the molecule is CC1CC1/C=N/n1cnnc1. The van der Waals surface area contributed by atoms with Crippen molar-refractivity contribution < 1.29 is 0 Å². The summed E-state index contributed by atoms with van der Waals surface area (Å²) < 4.78 is 1.62. The molecule has 1 aliphatic carbocycles. The lowest BCUT2D eigenvalue weighted by Crippen LogP contribution is -1.86. The third-order valence-electron chi connectivity index (χ3n) is 1.97. The van der Waals surface area contributed by atoms with Crippen LogP contribution >= 0.6 is 0 Å². The van der Waals surface area contributed by atoms with Crippen molar-refractivity contribution in [1.29, 1.82) is 0 Å². The number of aromatic nitrogens is 3. The van der Waals surface area contributed by atoms with Crippen LogP contribution in [0.1, 0.15) is 13.3 Å². The lowest BCUT2D eigenvalue weighted by Gasteiger charge is -1.86. The van der Waals surface area contributed by atoms with Crippen LogP contribution in [0.3, 0.4) is 0 Å². The van der Waals surface area contributed by atoms with Crippen LogP contribution in [0.5, 0.6) is 0 Å². The maximum Gasteiger partial charge on any atom is 0.141 e. The van der Waals surface area contributed by atoms with Gasteiger partial charge in [0.05, 0.1) is 0 Å². The largest absolute Gasteiger partial charge is 0.208 e. The second kappa shape index (κ2) is 2.45. The second-order valence-corrected chi connectivity index (χ2v) is 2.98. The predicted octanol–water partition coefficient (Wildman–Crippen LogP) is 0.768. The summed E-state index contributed by atoms with van der Waals surface area (Å²) >= 11 is 0. The molecule has 0 aromatic carbocycles. The third kappa shape index (κ3) is 1.45. The quantitative estimate of drug-likeness (QED) is 0.584. The maximum atomic E-state index is 4.15. The van der Waals surface area contributed by atoms with Crippen molar-refractivity contribution in [3.05, 3.63) is 12.7 Å². The molecule has 0 spiro atoms. The topological polar surface area (TPSA) is 43.1 Å². The Kier molecular flexibility index (Phi) is 1.45. The summed E-state index contributed by atoms with van der Waals surface area (Å²) in [4.78, 5) is 0. The van der Waals surface area contributed by atoms with E-state index in [0.717, 1.165) is 5.92 Å². The van der Waals surface area contributed by atoms with Gasteiger partial charge < -0.3 is 0 Å². The predicted molar refractivity (Wildman–Crippen MR) is 41.2 cm³/mol. The van der Waals surface area contributed by atoms with Crippen LogP contribution in [0.2, 0.25) is 0 Å². The Bertz CT molecular complexity index is 251. The average Bonchev–Trinajstić information content (AvgIpc) is 2.55. The van der Waals surface area contributed by atoms with Gasteiger partial charge in [-0.2, -0.15) is 5.10 Å². The first kappa shape index (κ1) is 6.52. The Morgan fingerprint density at radius 2 is 2.18 bits per heavy atom. The van der Waals surface area contributed by atoms with Crippen LogP contribution in [0.15, 0.2) is 17.8 Å². The van der Waals surface area contributed by atoms with E-state index in [4.69, 9.17) is 0 Å². The van der Waals surface area contributed by atoms with Gasteiger partial charge in [-0.3, -0.25) is 0 Å². The van der Waals surface area contributed by atoms with Crippen molar-refractivity contribution in [2.45, 2.75) is 13.3 Å². The molecule has 0 saturated heterocycles. The van der Waals surface area contributed by atoms with Gasteiger partial charge in [-0.15, -0.1) is 10.2 Å². The molecule has 0 bridgehead atoms. The van der Waals surface area contributed by atoms with Gasteiger partial charge in [0.25, 0.3) is 0 Å². The number of rotatable bonds is 2. The summed E-state index contributed by atoms with van der Waals surface area (Å²) in [5.41, 5.74) is 0. The smallest absolute Gasteiger partial charge is 0.141 e. The van der Waals surface area contributed by atoms with Crippen molar-refractivity contribution in [1.82, 2.24) is 14.9 Å². The fourth-order valence-electron chi connectivity index (χ4n) is 0.976. The molecule has 1 saturated carbocycles. The Balaban J connectivity index is 1.95. The van der Waals surface area contributed by atoms with Gasteiger partial charge in [0.15, 0.2) is 0 Å². The van der Waals surface area contributed by atoms with Crippen molar-refractivity contribution in [2.24, 2.45) is 16.9 Å². The zero-order valence-corrected chi connectivity index (χ0v) is 6.38. The van der Waals surface area contributed by atoms with Crippen LogP contribution in [-0.4, -0.2) is 21.1 Å². The summed E-state index contributed by atoms with van der Waals surface area (Å²) in [7, 11) is 0. The van der Waals surface area contributed by atoms with Gasteiger partial charge in [-0.1, -0.05) is 6.92 Å². The molecule has 2 rings (SSSR count). The molecule has 2 atom stereocenters. The molecule has 0 N–H and O–H groups in total. The monoisotopic (exact) mass is 150 g/mol. The average molecular weight is 150 g/mol. The van der Waals surface area contributed by atoms with Crippen molar-refractivity contribution >= 4 is 6.21 Å². The van der Waals surface area contributed by atoms with E-state index in [1.54, 1.807) is 17.3 Å². The minimum atomic E-state index is 0.678. The Hall–Kier alpha value is -1.19. The molecule has 1 aliphatic rings. The van der Waals surface area contributed by atoms with Crippen molar-refractivity contribution in [3.63, 3.8) is 0 Å². The highest BCUT2D eigenvalue weighted by Crippen LogP contribution is 2.35. The molecular formula is C7H10N4. The fourth-order valence-corrected chi connectivity index (χ4v) is 0.976. The van der Waals surface area contributed by atoms with E-state index in [-0.39, 0.29) is 0 Å².